The van der Waals surface area contributed by atoms with Gasteiger partial charge in [0, 0.05) is 23.2 Å². The van der Waals surface area contributed by atoms with Crippen LogP contribution in [0.4, 0.5) is 0 Å². The Morgan fingerprint density at radius 2 is 2.29 bits per heavy atom. The monoisotopic (exact) mass is 297 g/mol. The summed E-state index contributed by atoms with van der Waals surface area (Å²) in [6.07, 6.45) is 1.37. The number of hydrogen-bond donors (Lipinski definition) is 1. The maximum Gasteiger partial charge on any atom is 0.0726 e. The highest BCUT2D eigenvalue weighted by molar-refractivity contribution is 9.10. The third-order valence-corrected chi connectivity index (χ3v) is 4.67. The Morgan fingerprint density at radius 1 is 1.53 bits per heavy atom. The van der Waals surface area contributed by atoms with E-state index in [9.17, 15) is 0 Å². The van der Waals surface area contributed by atoms with E-state index in [0.29, 0.717) is 0 Å². The van der Waals surface area contributed by atoms with E-state index >= 15 is 0 Å². The number of hydrogen-bond acceptors (Lipinski definition) is 2. The van der Waals surface area contributed by atoms with Crippen molar-refractivity contribution in [2.45, 2.75) is 45.4 Å². The van der Waals surface area contributed by atoms with Crippen LogP contribution in [0, 0.1) is 6.92 Å². The number of nitrogens with one attached hydrogen (secondary N) is 1. The Bertz CT molecular complexity index is 407. The number of ether oxygens (including phenoxy) is 1. The van der Waals surface area contributed by atoms with Gasteiger partial charge in [0.25, 0.3) is 0 Å². The van der Waals surface area contributed by atoms with Crippen molar-refractivity contribution < 1.29 is 4.74 Å². The molecule has 1 fully saturated rings. The molecule has 17 heavy (non-hydrogen) atoms. The Hall–Kier alpha value is -0.380. The molecule has 0 radical (unpaired) electrons. The summed E-state index contributed by atoms with van der Waals surface area (Å²) >= 11 is 3.57. The molecule has 0 bridgehead atoms. The normalized spacial score (nSPS) is 28.6. The first-order valence-electron chi connectivity index (χ1n) is 6.13. The van der Waals surface area contributed by atoms with Crippen LogP contribution in [0.5, 0.6) is 0 Å². The molecule has 2 atom stereocenters. The van der Waals surface area contributed by atoms with Crippen LogP contribution in [-0.2, 0) is 11.3 Å². The molecule has 2 unspecified atom stereocenters. The van der Waals surface area contributed by atoms with Gasteiger partial charge in [0.05, 0.1) is 6.10 Å². The SMILES string of the molecule is Cc1ccc(CNC2(C)CCOC2C)cc1Br. The highest BCUT2D eigenvalue weighted by Gasteiger charge is 2.36. The summed E-state index contributed by atoms with van der Waals surface area (Å²) in [6, 6.07) is 6.51. The fourth-order valence-corrected chi connectivity index (χ4v) is 2.54. The molecule has 2 nitrogen and oxygen atoms in total. The first kappa shape index (κ1) is 13.1. The highest BCUT2D eigenvalue weighted by Crippen LogP contribution is 2.26. The molecule has 2 rings (SSSR count). The number of aryl methyl sites for hydroxylation is 1. The van der Waals surface area contributed by atoms with Crippen molar-refractivity contribution >= 4 is 15.9 Å². The second-order valence-electron chi connectivity index (χ2n) is 5.12. The maximum absolute atomic E-state index is 5.63. The maximum atomic E-state index is 5.63. The van der Waals surface area contributed by atoms with Crippen LogP contribution >= 0.6 is 15.9 Å². The zero-order valence-electron chi connectivity index (χ0n) is 10.7. The summed E-state index contributed by atoms with van der Waals surface area (Å²) in [5, 5.41) is 3.62. The highest BCUT2D eigenvalue weighted by atomic mass is 79.9. The van der Waals surface area contributed by atoms with Crippen molar-refractivity contribution in [3.63, 3.8) is 0 Å². The number of halogens is 1. The average molecular weight is 298 g/mol. The van der Waals surface area contributed by atoms with E-state index in [1.54, 1.807) is 0 Å². The zero-order chi connectivity index (χ0) is 12.5. The van der Waals surface area contributed by atoms with Crippen molar-refractivity contribution in [1.82, 2.24) is 5.32 Å². The topological polar surface area (TPSA) is 21.3 Å². The number of rotatable bonds is 3. The van der Waals surface area contributed by atoms with Crippen LogP contribution in [0.2, 0.25) is 0 Å². The third kappa shape index (κ3) is 2.90. The molecule has 1 aliphatic heterocycles. The van der Waals surface area contributed by atoms with Crippen LogP contribution in [0.1, 0.15) is 31.4 Å². The lowest BCUT2D eigenvalue weighted by Gasteiger charge is -2.29. The van der Waals surface area contributed by atoms with Crippen molar-refractivity contribution in [2.75, 3.05) is 6.61 Å². The van der Waals surface area contributed by atoms with Crippen molar-refractivity contribution in [3.05, 3.63) is 33.8 Å². The molecule has 1 aromatic carbocycles. The molecule has 0 amide bonds. The van der Waals surface area contributed by atoms with Crippen LogP contribution in [0.25, 0.3) is 0 Å². The van der Waals surface area contributed by atoms with E-state index in [1.165, 1.54) is 15.6 Å². The lowest BCUT2D eigenvalue weighted by atomic mass is 9.94. The van der Waals surface area contributed by atoms with E-state index in [-0.39, 0.29) is 11.6 Å². The molecule has 1 saturated heterocycles. The van der Waals surface area contributed by atoms with E-state index in [2.05, 4.69) is 60.2 Å². The molecule has 0 saturated carbocycles. The van der Waals surface area contributed by atoms with Crippen LogP contribution in [0.3, 0.4) is 0 Å². The van der Waals surface area contributed by atoms with Crippen LogP contribution in [0.15, 0.2) is 22.7 Å². The average Bonchev–Trinajstić information content (AvgIpc) is 2.62. The molecule has 1 heterocycles. The van der Waals surface area contributed by atoms with E-state index in [4.69, 9.17) is 4.74 Å². The van der Waals surface area contributed by atoms with Gasteiger partial charge in [-0.15, -0.1) is 0 Å². The van der Waals surface area contributed by atoms with Gasteiger partial charge in [-0.25, -0.2) is 0 Å². The molecule has 1 aromatic rings. The van der Waals surface area contributed by atoms with Gasteiger partial charge in [0.1, 0.15) is 0 Å². The second-order valence-corrected chi connectivity index (χ2v) is 5.97. The quantitative estimate of drug-likeness (QED) is 0.923. The third-order valence-electron chi connectivity index (χ3n) is 3.82. The minimum Gasteiger partial charge on any atom is -0.377 e. The van der Waals surface area contributed by atoms with Crippen molar-refractivity contribution in [1.29, 1.82) is 0 Å². The van der Waals surface area contributed by atoms with Gasteiger partial charge in [0.15, 0.2) is 0 Å². The summed E-state index contributed by atoms with van der Waals surface area (Å²) < 4.78 is 6.81. The van der Waals surface area contributed by atoms with Gasteiger partial charge < -0.3 is 10.1 Å². The summed E-state index contributed by atoms with van der Waals surface area (Å²) in [5.41, 5.74) is 2.69. The molecule has 0 aliphatic carbocycles. The van der Waals surface area contributed by atoms with Crippen molar-refractivity contribution in [2.24, 2.45) is 0 Å². The van der Waals surface area contributed by atoms with Gasteiger partial charge in [-0.2, -0.15) is 0 Å². The largest absolute Gasteiger partial charge is 0.377 e. The standard InChI is InChI=1S/C14H20BrNO/c1-10-4-5-12(8-13(10)15)9-16-14(3)6-7-17-11(14)2/h4-5,8,11,16H,6-7,9H2,1-3H3. The summed E-state index contributed by atoms with van der Waals surface area (Å²) in [5.74, 6) is 0. The fourth-order valence-electron chi connectivity index (χ4n) is 2.12. The van der Waals surface area contributed by atoms with Gasteiger partial charge in [0.2, 0.25) is 0 Å². The van der Waals surface area contributed by atoms with Gasteiger partial charge >= 0.3 is 0 Å². The van der Waals surface area contributed by atoms with Gasteiger partial charge in [-0.3, -0.25) is 0 Å². The molecular weight excluding hydrogens is 278 g/mol. The van der Waals surface area contributed by atoms with Crippen LogP contribution < -0.4 is 5.32 Å². The first-order valence-corrected chi connectivity index (χ1v) is 6.92. The molecule has 1 N–H and O–H groups in total. The summed E-state index contributed by atoms with van der Waals surface area (Å²) in [6.45, 7) is 8.25. The van der Waals surface area contributed by atoms with E-state index < -0.39 is 0 Å². The summed E-state index contributed by atoms with van der Waals surface area (Å²) in [7, 11) is 0. The predicted octanol–water partition coefficient (Wildman–Crippen LogP) is 3.41. The zero-order valence-corrected chi connectivity index (χ0v) is 12.3. The lowest BCUT2D eigenvalue weighted by molar-refractivity contribution is 0.0881. The molecule has 0 aromatic heterocycles. The fraction of sp³-hybridized carbons (Fsp3) is 0.571. The van der Waals surface area contributed by atoms with E-state index in [0.717, 1.165) is 19.6 Å². The molecular formula is C14H20BrNO. The van der Waals surface area contributed by atoms with Gasteiger partial charge in [-0.05, 0) is 44.4 Å². The first-order chi connectivity index (χ1) is 8.01. The predicted molar refractivity (Wildman–Crippen MR) is 74.2 cm³/mol. The van der Waals surface area contributed by atoms with E-state index in [1.807, 2.05) is 0 Å². The van der Waals surface area contributed by atoms with Gasteiger partial charge in [-0.1, -0.05) is 28.1 Å². The lowest BCUT2D eigenvalue weighted by Crippen LogP contribution is -2.47. The summed E-state index contributed by atoms with van der Waals surface area (Å²) in [4.78, 5) is 0. The minimum absolute atomic E-state index is 0.108. The second kappa shape index (κ2) is 5.09. The molecule has 0 spiro atoms. The number of benzene rings is 1. The minimum atomic E-state index is 0.108. The Kier molecular flexibility index (Phi) is 3.91. The van der Waals surface area contributed by atoms with Crippen LogP contribution in [-0.4, -0.2) is 18.2 Å². The molecule has 1 aliphatic rings. The Balaban J connectivity index is 2.00. The Labute approximate surface area is 112 Å². The molecule has 3 heteroatoms. The van der Waals surface area contributed by atoms with Crippen molar-refractivity contribution in [3.8, 4) is 0 Å². The molecule has 94 valence electrons. The smallest absolute Gasteiger partial charge is 0.0726 e. The Morgan fingerprint density at radius 3 is 2.88 bits per heavy atom.